The van der Waals surface area contributed by atoms with E-state index in [9.17, 15) is 9.90 Å². The SMILES string of the molecule is Cc1c(-c2cc(Br)cs2)nc2ccc(Br)cc2c1C(=O)O. The van der Waals surface area contributed by atoms with Gasteiger partial charge in [-0.05, 0) is 52.7 Å². The van der Waals surface area contributed by atoms with Crippen molar-refractivity contribution in [3.8, 4) is 10.6 Å². The van der Waals surface area contributed by atoms with Gasteiger partial charge in [-0.25, -0.2) is 9.78 Å². The summed E-state index contributed by atoms with van der Waals surface area (Å²) in [7, 11) is 0. The standard InChI is InChI=1S/C15H9Br2NO2S/c1-7-13(15(19)20)10-4-8(16)2-3-11(10)18-14(7)12-5-9(17)6-21-12/h2-6H,1H3,(H,19,20). The molecule has 0 unspecified atom stereocenters. The van der Waals surface area contributed by atoms with Gasteiger partial charge in [-0.1, -0.05) is 15.9 Å². The van der Waals surface area contributed by atoms with Crippen molar-refractivity contribution >= 4 is 60.1 Å². The summed E-state index contributed by atoms with van der Waals surface area (Å²) in [4.78, 5) is 17.3. The second-order valence-electron chi connectivity index (χ2n) is 4.56. The third-order valence-corrected chi connectivity index (χ3v) is 5.40. The van der Waals surface area contributed by atoms with Crippen LogP contribution in [-0.4, -0.2) is 16.1 Å². The number of halogens is 2. The van der Waals surface area contributed by atoms with Crippen LogP contribution in [0.4, 0.5) is 0 Å². The van der Waals surface area contributed by atoms with Gasteiger partial charge in [0.15, 0.2) is 0 Å². The summed E-state index contributed by atoms with van der Waals surface area (Å²) in [6.07, 6.45) is 0. The highest BCUT2D eigenvalue weighted by molar-refractivity contribution is 9.10. The molecule has 0 aliphatic heterocycles. The van der Waals surface area contributed by atoms with Crippen molar-refractivity contribution in [1.82, 2.24) is 4.98 Å². The molecule has 1 aromatic carbocycles. The average Bonchev–Trinajstić information content (AvgIpc) is 2.84. The fourth-order valence-electron chi connectivity index (χ4n) is 2.28. The highest BCUT2D eigenvalue weighted by Gasteiger charge is 2.19. The van der Waals surface area contributed by atoms with Crippen molar-refractivity contribution in [1.29, 1.82) is 0 Å². The summed E-state index contributed by atoms with van der Waals surface area (Å²) in [5.74, 6) is -0.935. The predicted molar refractivity (Wildman–Crippen MR) is 92.2 cm³/mol. The molecular formula is C15H9Br2NO2S. The first kappa shape index (κ1) is 14.7. The summed E-state index contributed by atoms with van der Waals surface area (Å²) in [6, 6.07) is 7.45. The molecule has 21 heavy (non-hydrogen) atoms. The minimum atomic E-state index is -0.935. The number of hydrogen-bond acceptors (Lipinski definition) is 3. The van der Waals surface area contributed by atoms with Crippen molar-refractivity contribution in [2.75, 3.05) is 0 Å². The number of nitrogens with zero attached hydrogens (tertiary/aromatic N) is 1. The van der Waals surface area contributed by atoms with Crippen LogP contribution in [0, 0.1) is 6.92 Å². The van der Waals surface area contributed by atoms with E-state index >= 15 is 0 Å². The fourth-order valence-corrected chi connectivity index (χ4v) is 4.12. The largest absolute Gasteiger partial charge is 0.478 e. The molecule has 0 bridgehead atoms. The maximum atomic E-state index is 11.7. The average molecular weight is 427 g/mol. The van der Waals surface area contributed by atoms with Gasteiger partial charge in [0, 0.05) is 19.7 Å². The minimum Gasteiger partial charge on any atom is -0.478 e. The number of fused-ring (bicyclic) bond motifs is 1. The topological polar surface area (TPSA) is 50.2 Å². The van der Waals surface area contributed by atoms with Gasteiger partial charge in [0.05, 0.1) is 21.7 Å². The lowest BCUT2D eigenvalue weighted by atomic mass is 10.0. The van der Waals surface area contributed by atoms with Crippen LogP contribution in [0.5, 0.6) is 0 Å². The molecule has 0 saturated heterocycles. The van der Waals surface area contributed by atoms with Crippen LogP contribution in [0.3, 0.4) is 0 Å². The molecule has 1 N–H and O–H groups in total. The van der Waals surface area contributed by atoms with Gasteiger partial charge in [0.25, 0.3) is 0 Å². The number of benzene rings is 1. The number of hydrogen-bond donors (Lipinski definition) is 1. The van der Waals surface area contributed by atoms with E-state index in [0.717, 1.165) is 19.5 Å². The van der Waals surface area contributed by atoms with Crippen molar-refractivity contribution in [2.45, 2.75) is 6.92 Å². The van der Waals surface area contributed by atoms with Gasteiger partial charge >= 0.3 is 5.97 Å². The molecule has 0 aliphatic rings. The summed E-state index contributed by atoms with van der Waals surface area (Å²) < 4.78 is 1.81. The first-order valence-electron chi connectivity index (χ1n) is 6.05. The number of aromatic carboxylic acids is 1. The number of aromatic nitrogens is 1. The van der Waals surface area contributed by atoms with Gasteiger partial charge in [0.1, 0.15) is 0 Å². The normalized spacial score (nSPS) is 11.0. The number of pyridine rings is 1. The number of carbonyl (C=O) groups is 1. The molecule has 0 aliphatic carbocycles. The monoisotopic (exact) mass is 425 g/mol. The predicted octanol–water partition coefficient (Wildman–Crippen LogP) is 5.49. The maximum absolute atomic E-state index is 11.7. The molecular weight excluding hydrogens is 418 g/mol. The molecule has 2 aromatic heterocycles. The van der Waals surface area contributed by atoms with Crippen molar-refractivity contribution in [3.63, 3.8) is 0 Å². The number of carboxylic acid groups (broad SMARTS) is 1. The van der Waals surface area contributed by atoms with E-state index in [1.54, 1.807) is 13.0 Å². The Balaban J connectivity index is 2.40. The summed E-state index contributed by atoms with van der Waals surface area (Å²) in [6.45, 7) is 1.81. The number of rotatable bonds is 2. The van der Waals surface area contributed by atoms with Crippen LogP contribution >= 0.6 is 43.2 Å². The molecule has 0 fully saturated rings. The van der Waals surface area contributed by atoms with Gasteiger partial charge in [-0.2, -0.15) is 0 Å². The molecule has 3 aromatic rings. The summed E-state index contributed by atoms with van der Waals surface area (Å²) >= 11 is 8.34. The van der Waals surface area contributed by atoms with Crippen molar-refractivity contribution in [3.05, 3.63) is 49.7 Å². The minimum absolute atomic E-state index is 0.306. The Morgan fingerprint density at radius 3 is 2.62 bits per heavy atom. The molecule has 3 rings (SSSR count). The Morgan fingerprint density at radius 2 is 2.00 bits per heavy atom. The van der Waals surface area contributed by atoms with Gasteiger partial charge < -0.3 is 5.11 Å². The second-order valence-corrected chi connectivity index (χ2v) is 7.30. The summed E-state index contributed by atoms with van der Waals surface area (Å²) in [5, 5.41) is 12.2. The molecule has 0 saturated carbocycles. The molecule has 0 atom stereocenters. The van der Waals surface area contributed by atoms with Crippen LogP contribution in [0.25, 0.3) is 21.5 Å². The van der Waals surface area contributed by atoms with E-state index in [-0.39, 0.29) is 0 Å². The summed E-state index contributed by atoms with van der Waals surface area (Å²) in [5.41, 5.74) is 2.39. The van der Waals surface area contributed by atoms with E-state index in [0.29, 0.717) is 22.0 Å². The molecule has 0 radical (unpaired) electrons. The Hall–Kier alpha value is -1.24. The van der Waals surface area contributed by atoms with Gasteiger partial charge in [-0.15, -0.1) is 11.3 Å². The zero-order valence-corrected chi connectivity index (χ0v) is 14.8. The Bertz CT molecular complexity index is 873. The van der Waals surface area contributed by atoms with Crippen LogP contribution in [0.15, 0.2) is 38.6 Å². The molecule has 0 spiro atoms. The molecule has 0 amide bonds. The second kappa shape index (κ2) is 5.51. The third kappa shape index (κ3) is 2.63. The van der Waals surface area contributed by atoms with E-state index in [1.165, 1.54) is 11.3 Å². The van der Waals surface area contributed by atoms with Crippen LogP contribution in [0.2, 0.25) is 0 Å². The van der Waals surface area contributed by atoms with E-state index in [4.69, 9.17) is 0 Å². The quantitative estimate of drug-likeness (QED) is 0.588. The Morgan fingerprint density at radius 1 is 1.24 bits per heavy atom. The van der Waals surface area contributed by atoms with Crippen LogP contribution < -0.4 is 0 Å². The van der Waals surface area contributed by atoms with Crippen molar-refractivity contribution < 1.29 is 9.90 Å². The highest BCUT2D eigenvalue weighted by Crippen LogP contribution is 2.35. The fraction of sp³-hybridized carbons (Fsp3) is 0.0667. The lowest BCUT2D eigenvalue weighted by Crippen LogP contribution is -2.04. The first-order chi connectivity index (χ1) is 9.97. The van der Waals surface area contributed by atoms with Crippen LogP contribution in [-0.2, 0) is 0 Å². The third-order valence-electron chi connectivity index (χ3n) is 3.21. The Kier molecular flexibility index (Phi) is 3.86. The van der Waals surface area contributed by atoms with E-state index in [1.807, 2.05) is 23.6 Å². The van der Waals surface area contributed by atoms with Crippen molar-refractivity contribution in [2.24, 2.45) is 0 Å². The lowest BCUT2D eigenvalue weighted by Gasteiger charge is -2.11. The highest BCUT2D eigenvalue weighted by atomic mass is 79.9. The smallest absolute Gasteiger partial charge is 0.336 e. The van der Waals surface area contributed by atoms with E-state index < -0.39 is 5.97 Å². The maximum Gasteiger partial charge on any atom is 0.336 e. The van der Waals surface area contributed by atoms with Gasteiger partial charge in [-0.3, -0.25) is 0 Å². The zero-order chi connectivity index (χ0) is 15.1. The number of thiophene rings is 1. The first-order valence-corrected chi connectivity index (χ1v) is 8.51. The molecule has 3 nitrogen and oxygen atoms in total. The molecule has 106 valence electrons. The van der Waals surface area contributed by atoms with Gasteiger partial charge in [0.2, 0.25) is 0 Å². The molecule has 6 heteroatoms. The lowest BCUT2D eigenvalue weighted by molar-refractivity contribution is 0.0698. The van der Waals surface area contributed by atoms with Crippen LogP contribution in [0.1, 0.15) is 15.9 Å². The zero-order valence-electron chi connectivity index (χ0n) is 10.9. The molecule has 2 heterocycles. The van der Waals surface area contributed by atoms with E-state index in [2.05, 4.69) is 36.8 Å². The number of carboxylic acids is 1. The Labute approximate surface area is 141 Å².